The third-order valence-corrected chi connectivity index (χ3v) is 7.37. The van der Waals surface area contributed by atoms with Crippen molar-refractivity contribution in [2.45, 2.75) is 77.8 Å². The lowest BCUT2D eigenvalue weighted by Gasteiger charge is -2.21. The van der Waals surface area contributed by atoms with Gasteiger partial charge >= 0.3 is 5.69 Å². The van der Waals surface area contributed by atoms with Crippen LogP contribution in [0.15, 0.2) is 53.6 Å². The number of unbranched alkanes of at least 4 members (excludes halogenated alkanes) is 1. The van der Waals surface area contributed by atoms with E-state index >= 15 is 0 Å². The van der Waals surface area contributed by atoms with Crippen molar-refractivity contribution in [3.63, 3.8) is 0 Å². The molecule has 8 heteroatoms. The molecule has 4 aromatic rings. The number of aryl methyl sites for hydroxylation is 2. The van der Waals surface area contributed by atoms with Crippen molar-refractivity contribution < 1.29 is 0 Å². The number of hydrogen-bond donors (Lipinski definition) is 1. The van der Waals surface area contributed by atoms with Crippen LogP contribution in [0.1, 0.15) is 69.5 Å². The number of pyridine rings is 1. The quantitative estimate of drug-likeness (QED) is 0.331. The molecule has 0 bridgehead atoms. The lowest BCUT2D eigenvalue weighted by atomic mass is 9.87. The predicted octanol–water partition coefficient (Wildman–Crippen LogP) is 5.25. The van der Waals surface area contributed by atoms with E-state index < -0.39 is 0 Å². The van der Waals surface area contributed by atoms with E-state index in [1.165, 1.54) is 32.1 Å². The van der Waals surface area contributed by atoms with E-state index in [1.807, 2.05) is 45.7 Å². The third kappa shape index (κ3) is 5.48. The molecule has 36 heavy (non-hydrogen) atoms. The average molecular weight is 486 g/mol. The van der Waals surface area contributed by atoms with Crippen molar-refractivity contribution in [1.82, 2.24) is 34.7 Å². The van der Waals surface area contributed by atoms with Crippen LogP contribution in [0.5, 0.6) is 0 Å². The minimum Gasteiger partial charge on any atom is -0.299 e. The van der Waals surface area contributed by atoms with Gasteiger partial charge in [-0.3, -0.25) is 14.1 Å². The maximum Gasteiger partial charge on any atom is 0.328 e. The number of benzene rings is 1. The zero-order valence-electron chi connectivity index (χ0n) is 21.1. The first-order chi connectivity index (χ1) is 17.7. The zero-order chi connectivity index (χ0) is 24.7. The molecule has 0 atom stereocenters. The van der Waals surface area contributed by atoms with E-state index in [0.717, 1.165) is 66.2 Å². The Balaban J connectivity index is 1.35. The summed E-state index contributed by atoms with van der Waals surface area (Å²) in [6.07, 6.45) is 14.9. The topological polar surface area (TPSA) is 94.3 Å². The molecule has 1 aliphatic rings. The van der Waals surface area contributed by atoms with Crippen LogP contribution in [0, 0.1) is 5.92 Å². The van der Waals surface area contributed by atoms with Gasteiger partial charge < -0.3 is 0 Å². The van der Waals surface area contributed by atoms with Crippen molar-refractivity contribution in [3.8, 4) is 22.6 Å². The maximum absolute atomic E-state index is 13.4. The minimum atomic E-state index is 0.100. The average Bonchev–Trinajstić information content (AvgIpc) is 3.56. The van der Waals surface area contributed by atoms with E-state index in [1.54, 1.807) is 0 Å². The Morgan fingerprint density at radius 3 is 2.61 bits per heavy atom. The highest BCUT2D eigenvalue weighted by Crippen LogP contribution is 2.29. The predicted molar refractivity (Wildman–Crippen MR) is 140 cm³/mol. The van der Waals surface area contributed by atoms with Gasteiger partial charge in [-0.15, -0.1) is 10.2 Å². The number of imidazole rings is 1. The van der Waals surface area contributed by atoms with Gasteiger partial charge in [0.15, 0.2) is 0 Å². The van der Waals surface area contributed by atoms with Crippen LogP contribution in [0.2, 0.25) is 0 Å². The van der Waals surface area contributed by atoms with Gasteiger partial charge in [0.25, 0.3) is 0 Å². The standard InChI is InChI=1S/C28H35N7O/c1-2-3-11-23-20-34(17-16-21-9-5-4-6-10-21)28(36)35(23)19-22-14-15-26(29-18-22)24-12-7-8-13-25(24)27-30-32-33-31-27/h7-8,12-15,18,20-21H,2-6,9-11,16-17,19H2,1H3,(H,30,31,32,33). The Kier molecular flexibility index (Phi) is 7.69. The van der Waals surface area contributed by atoms with Gasteiger partial charge in [0.2, 0.25) is 5.82 Å². The van der Waals surface area contributed by atoms with E-state index in [9.17, 15) is 4.79 Å². The lowest BCUT2D eigenvalue weighted by molar-refractivity contribution is 0.322. The van der Waals surface area contributed by atoms with Gasteiger partial charge in [0, 0.05) is 35.8 Å². The van der Waals surface area contributed by atoms with Gasteiger partial charge in [0.1, 0.15) is 0 Å². The number of H-pyrrole nitrogens is 1. The fourth-order valence-electron chi connectivity index (χ4n) is 5.30. The van der Waals surface area contributed by atoms with Crippen molar-refractivity contribution in [2.24, 2.45) is 5.92 Å². The molecule has 8 nitrogen and oxygen atoms in total. The van der Waals surface area contributed by atoms with Crippen LogP contribution in [-0.2, 0) is 19.5 Å². The zero-order valence-corrected chi connectivity index (χ0v) is 21.1. The molecular formula is C28H35N7O. The summed E-state index contributed by atoms with van der Waals surface area (Å²) in [6.45, 7) is 3.55. The van der Waals surface area contributed by atoms with Crippen molar-refractivity contribution >= 4 is 0 Å². The smallest absolute Gasteiger partial charge is 0.299 e. The highest BCUT2D eigenvalue weighted by Gasteiger charge is 2.17. The van der Waals surface area contributed by atoms with Gasteiger partial charge in [-0.05, 0) is 42.0 Å². The Labute approximate surface area is 211 Å². The lowest BCUT2D eigenvalue weighted by Crippen LogP contribution is -2.26. The fraction of sp³-hybridized carbons (Fsp3) is 0.464. The molecule has 0 amide bonds. The maximum atomic E-state index is 13.4. The molecule has 1 aromatic carbocycles. The molecule has 5 rings (SSSR count). The Hall–Kier alpha value is -3.55. The molecule has 1 N–H and O–H groups in total. The monoisotopic (exact) mass is 485 g/mol. The summed E-state index contributed by atoms with van der Waals surface area (Å²) in [6, 6.07) is 12.0. The normalized spacial score (nSPS) is 14.4. The second-order valence-electron chi connectivity index (χ2n) is 9.91. The molecule has 0 unspecified atom stereocenters. The summed E-state index contributed by atoms with van der Waals surface area (Å²) >= 11 is 0. The molecular weight excluding hydrogens is 450 g/mol. The number of aromatic amines is 1. The van der Waals surface area contributed by atoms with Gasteiger partial charge in [0.05, 0.1) is 12.2 Å². The van der Waals surface area contributed by atoms with Gasteiger partial charge in [-0.25, -0.2) is 4.79 Å². The summed E-state index contributed by atoms with van der Waals surface area (Å²) in [4.78, 5) is 18.1. The molecule has 3 heterocycles. The van der Waals surface area contributed by atoms with E-state index in [0.29, 0.717) is 12.4 Å². The van der Waals surface area contributed by atoms with Crippen LogP contribution in [0.4, 0.5) is 0 Å². The highest BCUT2D eigenvalue weighted by atomic mass is 16.1. The Bertz CT molecular complexity index is 1300. The minimum absolute atomic E-state index is 0.100. The Morgan fingerprint density at radius 1 is 1.06 bits per heavy atom. The van der Waals surface area contributed by atoms with Crippen LogP contribution in [-0.4, -0.2) is 34.7 Å². The first kappa shape index (κ1) is 24.2. The number of hydrogen-bond acceptors (Lipinski definition) is 5. The summed E-state index contributed by atoms with van der Waals surface area (Å²) < 4.78 is 3.89. The molecule has 0 aliphatic heterocycles. The molecule has 188 valence electrons. The van der Waals surface area contributed by atoms with Crippen LogP contribution in [0.25, 0.3) is 22.6 Å². The third-order valence-electron chi connectivity index (χ3n) is 7.37. The molecule has 1 fully saturated rings. The first-order valence-corrected chi connectivity index (χ1v) is 13.3. The number of nitrogens with zero attached hydrogens (tertiary/aromatic N) is 6. The molecule has 0 spiro atoms. The molecule has 0 radical (unpaired) electrons. The number of aromatic nitrogens is 7. The van der Waals surface area contributed by atoms with Crippen molar-refractivity contribution in [1.29, 1.82) is 0 Å². The van der Waals surface area contributed by atoms with E-state index in [4.69, 9.17) is 4.98 Å². The summed E-state index contributed by atoms with van der Waals surface area (Å²) in [5, 5.41) is 14.4. The SMILES string of the molecule is CCCCc1cn(CCC2CCCCC2)c(=O)n1Cc1ccc(-c2ccccc2-c2nn[nH]n2)nc1. The van der Waals surface area contributed by atoms with E-state index in [-0.39, 0.29) is 5.69 Å². The summed E-state index contributed by atoms with van der Waals surface area (Å²) in [5.74, 6) is 1.30. The fourth-order valence-corrected chi connectivity index (χ4v) is 5.30. The Morgan fingerprint density at radius 2 is 1.89 bits per heavy atom. The van der Waals surface area contributed by atoms with Gasteiger partial charge in [-0.1, -0.05) is 75.8 Å². The number of tetrazole rings is 1. The largest absolute Gasteiger partial charge is 0.328 e. The second kappa shape index (κ2) is 11.5. The van der Waals surface area contributed by atoms with Crippen molar-refractivity contribution in [2.75, 3.05) is 0 Å². The first-order valence-electron chi connectivity index (χ1n) is 13.3. The van der Waals surface area contributed by atoms with Gasteiger partial charge in [-0.2, -0.15) is 5.21 Å². The summed E-state index contributed by atoms with van der Waals surface area (Å²) in [5.41, 5.74) is 4.89. The molecule has 3 aromatic heterocycles. The van der Waals surface area contributed by atoms with Crippen LogP contribution < -0.4 is 5.69 Å². The highest BCUT2D eigenvalue weighted by molar-refractivity contribution is 5.78. The summed E-state index contributed by atoms with van der Waals surface area (Å²) in [7, 11) is 0. The van der Waals surface area contributed by atoms with Crippen LogP contribution >= 0.6 is 0 Å². The van der Waals surface area contributed by atoms with Crippen LogP contribution in [0.3, 0.4) is 0 Å². The number of nitrogens with one attached hydrogen (secondary N) is 1. The number of rotatable bonds is 10. The second-order valence-corrected chi connectivity index (χ2v) is 9.91. The van der Waals surface area contributed by atoms with E-state index in [2.05, 4.69) is 39.8 Å². The molecule has 1 aliphatic carbocycles. The molecule has 1 saturated carbocycles. The molecule has 0 saturated heterocycles. The van der Waals surface area contributed by atoms with Crippen molar-refractivity contribution in [3.05, 3.63) is 70.5 Å².